The van der Waals surface area contributed by atoms with Crippen molar-refractivity contribution >= 4 is 40.6 Å². The molecule has 118 valence electrons. The molecule has 1 N–H and O–H groups in total. The Bertz CT molecular complexity index is 955. The van der Waals surface area contributed by atoms with Crippen LogP contribution in [0.4, 0.5) is 5.69 Å². The summed E-state index contributed by atoms with van der Waals surface area (Å²) in [7, 11) is 0. The maximum absolute atomic E-state index is 12.0. The first-order valence-electron chi connectivity index (χ1n) is 7.80. The van der Waals surface area contributed by atoms with Gasteiger partial charge in [-0.25, -0.2) is 4.90 Å². The summed E-state index contributed by atoms with van der Waals surface area (Å²) in [5.41, 5.74) is 3.23. The van der Waals surface area contributed by atoms with E-state index in [-0.39, 0.29) is 24.7 Å². The number of anilines is 1. The van der Waals surface area contributed by atoms with Gasteiger partial charge in [-0.1, -0.05) is 42.5 Å². The number of carbonyl (C=O) groups is 2. The molecule has 0 bridgehead atoms. The van der Waals surface area contributed by atoms with Gasteiger partial charge in [0, 0.05) is 18.2 Å². The first-order chi connectivity index (χ1) is 11.7. The number of fused-ring (bicyclic) bond motifs is 1. The predicted octanol–water partition coefficient (Wildman–Crippen LogP) is 3.39. The Labute approximate surface area is 138 Å². The largest absolute Gasteiger partial charge is 0.277 e. The van der Waals surface area contributed by atoms with Crippen LogP contribution in [0.2, 0.25) is 0 Å². The van der Waals surface area contributed by atoms with E-state index >= 15 is 0 Å². The van der Waals surface area contributed by atoms with Crippen molar-refractivity contribution in [2.75, 3.05) is 4.90 Å². The average molecular weight is 317 g/mol. The van der Waals surface area contributed by atoms with Crippen LogP contribution in [0, 0.1) is 0 Å². The minimum absolute atomic E-state index is 0.147. The van der Waals surface area contributed by atoms with Gasteiger partial charge in [-0.15, -0.1) is 0 Å². The Kier molecular flexibility index (Phi) is 3.46. The molecule has 5 heteroatoms. The number of hydrogen-bond donors (Lipinski definition) is 1. The topological polar surface area (TPSA) is 66.1 Å². The molecule has 24 heavy (non-hydrogen) atoms. The summed E-state index contributed by atoms with van der Waals surface area (Å²) in [6.45, 7) is 0. The van der Waals surface area contributed by atoms with Crippen LogP contribution in [0.5, 0.6) is 0 Å². The lowest BCUT2D eigenvalue weighted by molar-refractivity contribution is -0.121. The molecule has 2 heterocycles. The minimum atomic E-state index is -0.147. The van der Waals surface area contributed by atoms with Gasteiger partial charge in [0.1, 0.15) is 0 Å². The smallest absolute Gasteiger partial charge is 0.234 e. The maximum Gasteiger partial charge on any atom is 0.234 e. The second kappa shape index (κ2) is 5.77. The van der Waals surface area contributed by atoms with E-state index in [1.54, 1.807) is 6.07 Å². The summed E-state index contributed by atoms with van der Waals surface area (Å²) in [4.78, 5) is 25.3. The summed E-state index contributed by atoms with van der Waals surface area (Å²) in [6, 6.07) is 15.3. The summed E-state index contributed by atoms with van der Waals surface area (Å²) in [5, 5.41) is 8.32. The average Bonchev–Trinajstić information content (AvgIpc) is 3.17. The monoisotopic (exact) mass is 317 g/mol. The molecule has 2 aromatic carbocycles. The highest BCUT2D eigenvalue weighted by Gasteiger charge is 2.31. The number of carbonyl (C=O) groups excluding carboxylic acids is 2. The molecule has 0 aliphatic carbocycles. The fraction of sp³-hybridized carbons (Fsp3) is 0.105. The van der Waals surface area contributed by atoms with Crippen LogP contribution in [0.15, 0.2) is 48.5 Å². The van der Waals surface area contributed by atoms with Crippen molar-refractivity contribution in [3.63, 3.8) is 0 Å². The van der Waals surface area contributed by atoms with Crippen LogP contribution in [0.3, 0.4) is 0 Å². The number of nitrogens with zero attached hydrogens (tertiary/aromatic N) is 2. The van der Waals surface area contributed by atoms with Gasteiger partial charge in [-0.3, -0.25) is 14.7 Å². The van der Waals surface area contributed by atoms with Crippen LogP contribution in [-0.4, -0.2) is 22.0 Å². The molecule has 1 fully saturated rings. The van der Waals surface area contributed by atoms with Gasteiger partial charge >= 0.3 is 0 Å². The molecule has 2 amide bonds. The molecule has 0 saturated carbocycles. The van der Waals surface area contributed by atoms with Crippen molar-refractivity contribution in [1.29, 1.82) is 0 Å². The number of aromatic nitrogens is 2. The summed E-state index contributed by atoms with van der Waals surface area (Å²) in [5.74, 6) is -0.294. The number of para-hydroxylation sites is 2. The molecule has 0 radical (unpaired) electrons. The first-order valence-corrected chi connectivity index (χ1v) is 7.80. The van der Waals surface area contributed by atoms with E-state index in [1.807, 2.05) is 54.6 Å². The molecule has 1 aromatic heterocycles. The maximum atomic E-state index is 12.0. The zero-order valence-electron chi connectivity index (χ0n) is 12.9. The number of hydrogen-bond acceptors (Lipinski definition) is 3. The first kappa shape index (κ1) is 14.4. The summed E-state index contributed by atoms with van der Waals surface area (Å²) >= 11 is 0. The lowest BCUT2D eigenvalue weighted by Crippen LogP contribution is -2.29. The van der Waals surface area contributed by atoms with Crippen LogP contribution in [0.25, 0.3) is 23.1 Å². The third kappa shape index (κ3) is 2.40. The molecule has 1 aliphatic rings. The molecule has 1 saturated heterocycles. The number of rotatable bonds is 3. The fourth-order valence-electron chi connectivity index (χ4n) is 2.96. The van der Waals surface area contributed by atoms with Gasteiger partial charge in [-0.2, -0.15) is 5.10 Å². The van der Waals surface area contributed by atoms with Gasteiger partial charge in [-0.05, 0) is 23.8 Å². The zero-order valence-corrected chi connectivity index (χ0v) is 12.9. The number of benzene rings is 2. The van der Waals surface area contributed by atoms with E-state index in [0.29, 0.717) is 5.69 Å². The van der Waals surface area contributed by atoms with E-state index in [0.717, 1.165) is 22.2 Å². The van der Waals surface area contributed by atoms with Crippen molar-refractivity contribution in [2.45, 2.75) is 12.8 Å². The number of aromatic amines is 1. The predicted molar refractivity (Wildman–Crippen MR) is 93.2 cm³/mol. The lowest BCUT2D eigenvalue weighted by Gasteiger charge is -2.16. The molecule has 0 unspecified atom stereocenters. The Morgan fingerprint density at radius 2 is 1.62 bits per heavy atom. The SMILES string of the molecule is O=C1CCC(=O)N1c1ccccc1C=Cc1n[nH]c2ccccc12. The molecule has 5 nitrogen and oxygen atoms in total. The van der Waals surface area contributed by atoms with Gasteiger partial charge in [0.05, 0.1) is 16.9 Å². The minimum Gasteiger partial charge on any atom is -0.277 e. The Morgan fingerprint density at radius 3 is 2.46 bits per heavy atom. The third-order valence-corrected chi connectivity index (χ3v) is 4.15. The van der Waals surface area contributed by atoms with E-state index in [2.05, 4.69) is 10.2 Å². The van der Waals surface area contributed by atoms with Crippen LogP contribution >= 0.6 is 0 Å². The third-order valence-electron chi connectivity index (χ3n) is 4.15. The van der Waals surface area contributed by atoms with Crippen molar-refractivity contribution in [1.82, 2.24) is 10.2 Å². The second-order valence-corrected chi connectivity index (χ2v) is 5.67. The molecule has 1 aliphatic heterocycles. The fourth-order valence-corrected chi connectivity index (χ4v) is 2.96. The van der Waals surface area contributed by atoms with E-state index < -0.39 is 0 Å². The summed E-state index contributed by atoms with van der Waals surface area (Å²) in [6.07, 6.45) is 4.33. The molecule has 4 rings (SSSR count). The van der Waals surface area contributed by atoms with Crippen LogP contribution in [0.1, 0.15) is 24.1 Å². The van der Waals surface area contributed by atoms with Crippen molar-refractivity contribution in [2.24, 2.45) is 0 Å². The second-order valence-electron chi connectivity index (χ2n) is 5.67. The summed E-state index contributed by atoms with van der Waals surface area (Å²) < 4.78 is 0. The highest BCUT2D eigenvalue weighted by molar-refractivity contribution is 6.20. The molecule has 0 atom stereocenters. The molecule has 3 aromatic rings. The van der Waals surface area contributed by atoms with Crippen molar-refractivity contribution < 1.29 is 9.59 Å². The van der Waals surface area contributed by atoms with Crippen molar-refractivity contribution in [3.8, 4) is 0 Å². The lowest BCUT2D eigenvalue weighted by atomic mass is 10.1. The van der Waals surface area contributed by atoms with E-state index in [9.17, 15) is 9.59 Å². The van der Waals surface area contributed by atoms with Crippen LogP contribution in [-0.2, 0) is 9.59 Å². The Balaban J connectivity index is 1.73. The highest BCUT2D eigenvalue weighted by Crippen LogP contribution is 2.28. The Hall–Kier alpha value is -3.21. The normalized spacial score (nSPS) is 15.1. The van der Waals surface area contributed by atoms with Gasteiger partial charge in [0.2, 0.25) is 11.8 Å². The number of H-pyrrole nitrogens is 1. The number of nitrogens with one attached hydrogen (secondary N) is 1. The number of imide groups is 1. The molecular weight excluding hydrogens is 302 g/mol. The zero-order chi connectivity index (χ0) is 16.5. The molecular formula is C19H15N3O2. The standard InChI is InChI=1S/C19H15N3O2/c23-18-11-12-19(24)22(18)17-8-4-1-5-13(17)9-10-16-14-6-2-3-7-15(14)20-21-16/h1-10H,11-12H2,(H,20,21). The van der Waals surface area contributed by atoms with E-state index in [4.69, 9.17) is 0 Å². The van der Waals surface area contributed by atoms with Crippen LogP contribution < -0.4 is 4.90 Å². The van der Waals surface area contributed by atoms with Gasteiger partial charge in [0.25, 0.3) is 0 Å². The Morgan fingerprint density at radius 1 is 0.917 bits per heavy atom. The van der Waals surface area contributed by atoms with Crippen molar-refractivity contribution in [3.05, 3.63) is 59.8 Å². The van der Waals surface area contributed by atoms with E-state index in [1.165, 1.54) is 4.90 Å². The van der Waals surface area contributed by atoms with Gasteiger partial charge in [0.15, 0.2) is 0 Å². The number of amides is 2. The van der Waals surface area contributed by atoms with Gasteiger partial charge < -0.3 is 0 Å². The quantitative estimate of drug-likeness (QED) is 0.753. The molecule has 0 spiro atoms. The highest BCUT2D eigenvalue weighted by atomic mass is 16.2.